The molecule has 4 aromatic carbocycles. The second-order valence-corrected chi connectivity index (χ2v) is 18.8. The van der Waals surface area contributed by atoms with Gasteiger partial charge >= 0.3 is 0 Å². The number of carbonyl (C=O) groups is 3. The number of hydrazone groups is 1. The number of nitrogens with one attached hydrogen (secondary N) is 5. The van der Waals surface area contributed by atoms with Gasteiger partial charge in [-0.25, -0.2) is 0 Å². The maximum atomic E-state index is 11.4. The van der Waals surface area contributed by atoms with Crippen molar-refractivity contribution >= 4 is 77.4 Å². The zero-order chi connectivity index (χ0) is 33.8. The highest BCUT2D eigenvalue weighted by Crippen LogP contribution is 2.28. The van der Waals surface area contributed by atoms with Crippen LogP contribution in [0.2, 0.25) is 19.6 Å². The molecule has 1 atom stereocenters. The normalized spacial score (nSPS) is 16.5. The number of amides is 3. The molecule has 0 saturated carbocycles. The molecule has 4 aliphatic rings. The van der Waals surface area contributed by atoms with Crippen LogP contribution in [0.25, 0.3) is 0 Å². The molecule has 0 saturated heterocycles. The molecule has 0 spiro atoms. The van der Waals surface area contributed by atoms with Crippen molar-refractivity contribution in [2.24, 2.45) is 0 Å². The van der Waals surface area contributed by atoms with Gasteiger partial charge in [0.25, 0.3) is 0 Å². The van der Waals surface area contributed by atoms with Crippen molar-refractivity contribution in [2.45, 2.75) is 44.9 Å². The average Bonchev–Trinajstić information content (AvgIpc) is 3.84. The van der Waals surface area contributed by atoms with E-state index >= 15 is 0 Å². The lowest BCUT2D eigenvalue weighted by atomic mass is 10.1. The summed E-state index contributed by atoms with van der Waals surface area (Å²) >= 11 is 2.24. The summed E-state index contributed by atoms with van der Waals surface area (Å²) in [6.07, 6.45) is 3.55. The van der Waals surface area contributed by atoms with Crippen molar-refractivity contribution in [1.82, 2.24) is 11.0 Å². The quantitative estimate of drug-likeness (QED) is 0.0760. The highest BCUT2D eigenvalue weighted by Gasteiger charge is 2.27. The van der Waals surface area contributed by atoms with E-state index < -0.39 is 8.07 Å². The lowest BCUT2D eigenvalue weighted by Gasteiger charge is -2.03. The Balaban J connectivity index is 0.000000132. The minimum atomic E-state index is -1.32. The van der Waals surface area contributed by atoms with Gasteiger partial charge in [-0.1, -0.05) is 60.6 Å². The number of rotatable bonds is 2. The van der Waals surface area contributed by atoms with Crippen molar-refractivity contribution in [1.29, 1.82) is 0 Å². The van der Waals surface area contributed by atoms with Crippen LogP contribution in [-0.4, -0.2) is 36.7 Å². The van der Waals surface area contributed by atoms with Gasteiger partial charge in [0.05, 0.1) is 19.3 Å². The van der Waals surface area contributed by atoms with Crippen LogP contribution in [0, 0.1) is 15.0 Å². The van der Waals surface area contributed by atoms with E-state index in [2.05, 4.69) is 99.0 Å². The van der Waals surface area contributed by atoms with E-state index in [4.69, 9.17) is 0 Å². The minimum absolute atomic E-state index is 0.0563. The Labute approximate surface area is 294 Å². The molecule has 0 aromatic heterocycles. The summed E-state index contributed by atoms with van der Waals surface area (Å²) in [4.78, 5) is 33.5. The van der Waals surface area contributed by atoms with Crippen molar-refractivity contribution in [3.63, 3.8) is 0 Å². The third kappa shape index (κ3) is 8.38. The molecule has 3 amide bonds. The molecule has 9 nitrogen and oxygen atoms in total. The Bertz CT molecular complexity index is 2010. The van der Waals surface area contributed by atoms with Crippen LogP contribution in [-0.2, 0) is 33.6 Å². The summed E-state index contributed by atoms with van der Waals surface area (Å²) in [6, 6.07) is 28.2. The summed E-state index contributed by atoms with van der Waals surface area (Å²) < 4.78 is 3.12. The number of anilines is 3. The summed E-state index contributed by atoms with van der Waals surface area (Å²) in [6.45, 7) is 6.66. The molecule has 0 bridgehead atoms. The molecule has 242 valence electrons. The first-order chi connectivity index (χ1) is 23.0. The first-order valence-electron chi connectivity index (χ1n) is 15.7. The second kappa shape index (κ2) is 14.1. The maximum absolute atomic E-state index is 11.4. The predicted octanol–water partition coefficient (Wildman–Crippen LogP) is 5.86. The topological polar surface area (TPSA) is 114 Å². The molecule has 4 aromatic rings. The molecule has 11 heteroatoms. The lowest BCUT2D eigenvalue weighted by Crippen LogP contribution is -2.31. The minimum Gasteiger partial charge on any atom is -0.326 e. The fourth-order valence-electron chi connectivity index (χ4n) is 5.47. The number of hydrogen-bond acceptors (Lipinski definition) is 5. The summed E-state index contributed by atoms with van der Waals surface area (Å²) in [5, 5.41) is 8.45. The van der Waals surface area contributed by atoms with Gasteiger partial charge < -0.3 is 16.0 Å². The van der Waals surface area contributed by atoms with Crippen molar-refractivity contribution in [3.8, 4) is 11.5 Å². The number of carbonyl (C=O) groups excluding carboxylic acids is 3. The van der Waals surface area contributed by atoms with Gasteiger partial charge in [0.15, 0.2) is 0 Å². The Morgan fingerprint density at radius 1 is 0.708 bits per heavy atom. The zero-order valence-electron chi connectivity index (χ0n) is 26.9. The van der Waals surface area contributed by atoms with E-state index in [0.29, 0.717) is 19.3 Å². The van der Waals surface area contributed by atoms with E-state index in [0.717, 1.165) is 45.0 Å². The largest absolute Gasteiger partial charge is 0.326 e. The molecule has 0 radical (unpaired) electrons. The molecule has 1 unspecified atom stereocenters. The van der Waals surface area contributed by atoms with E-state index in [1.165, 1.54) is 9.13 Å². The van der Waals surface area contributed by atoms with E-state index in [1.807, 2.05) is 77.5 Å². The Morgan fingerprint density at radius 3 is 1.90 bits per heavy atom. The van der Waals surface area contributed by atoms with Crippen LogP contribution in [0.1, 0.15) is 33.9 Å². The number of nitrogens with zero attached hydrogens (tertiary/aromatic N) is 1. The number of hydrogen-bond donors (Lipinski definition) is 5. The summed E-state index contributed by atoms with van der Waals surface area (Å²) in [5.41, 5.74) is 19.0. The standard InChI is InChI=1S/C16H14N4O.C13H15NOSi.C8H6INO/c21-16-9-12-8-13(6-7-14(12)17-16)20-10-15(18-19-20)11-4-2-1-3-5-11;1-16(2,3)7-6-10-4-5-12-11(8-10)9-13(15)14-12;9-6-1-2-7-5(3-6)4-8(11)10-7/h1-8,10,15,18-19H,9H2;4-5,8H,9H2,1-3H3,(H,14,15);1-3H,4H2,(H,10,11)/p+1. The third-order valence-corrected chi connectivity index (χ3v) is 9.34. The average molecular weight is 768 g/mol. The fourth-order valence-corrected chi connectivity index (χ4v) is 6.55. The number of halogens is 1. The Hall–Kier alpha value is -4.77. The van der Waals surface area contributed by atoms with Gasteiger partial charge in [-0.15, -0.1) is 11.1 Å². The second-order valence-electron chi connectivity index (χ2n) is 12.9. The van der Waals surface area contributed by atoms with Gasteiger partial charge in [0.1, 0.15) is 14.1 Å². The zero-order valence-corrected chi connectivity index (χ0v) is 30.1. The SMILES string of the molecule is C[Si](C)(C)C#Cc1ccc2c(c1)CC(=O)N2.O=C1Cc2cc(I)ccc2N1.O=C1Cc2cc([N+]3=CC(c4ccccc4)NN3)ccc2N1. The van der Waals surface area contributed by atoms with Crippen molar-refractivity contribution < 1.29 is 19.1 Å². The number of fused-ring (bicyclic) bond motifs is 3. The van der Waals surface area contributed by atoms with Crippen molar-refractivity contribution in [2.75, 3.05) is 16.0 Å². The Morgan fingerprint density at radius 2 is 1.27 bits per heavy atom. The van der Waals surface area contributed by atoms with Crippen LogP contribution in [0.5, 0.6) is 0 Å². The Kier molecular flexibility index (Phi) is 9.77. The van der Waals surface area contributed by atoms with E-state index in [1.54, 1.807) is 0 Å². The van der Waals surface area contributed by atoms with Crippen LogP contribution in [0.15, 0.2) is 84.9 Å². The number of benzene rings is 4. The van der Waals surface area contributed by atoms with E-state index in [-0.39, 0.29) is 23.8 Å². The first-order valence-corrected chi connectivity index (χ1v) is 20.2. The molecule has 4 aliphatic heterocycles. The summed E-state index contributed by atoms with van der Waals surface area (Å²) in [5.74, 6) is 3.43. The van der Waals surface area contributed by atoms with Crippen LogP contribution < -0.4 is 26.9 Å². The molecule has 48 heavy (non-hydrogen) atoms. The van der Waals surface area contributed by atoms with E-state index in [9.17, 15) is 14.4 Å². The highest BCUT2D eigenvalue weighted by atomic mass is 127. The molecular formula is C37H36IN6O3Si+. The first kappa shape index (κ1) is 33.1. The molecular weight excluding hydrogens is 731 g/mol. The van der Waals surface area contributed by atoms with Gasteiger partial charge in [0.2, 0.25) is 29.6 Å². The van der Waals surface area contributed by atoms with Crippen LogP contribution >= 0.6 is 22.6 Å². The third-order valence-electron chi connectivity index (χ3n) is 7.79. The highest BCUT2D eigenvalue weighted by molar-refractivity contribution is 14.1. The number of hydrazine groups is 2. The van der Waals surface area contributed by atoms with Gasteiger partial charge in [0, 0.05) is 38.3 Å². The van der Waals surface area contributed by atoms with Gasteiger partial charge in [-0.3, -0.25) is 14.4 Å². The molecule has 4 heterocycles. The van der Waals surface area contributed by atoms with Gasteiger partial charge in [-0.2, -0.15) is 5.43 Å². The van der Waals surface area contributed by atoms with Crippen LogP contribution in [0.4, 0.5) is 22.7 Å². The molecule has 0 aliphatic carbocycles. The smallest absolute Gasteiger partial charge is 0.236 e. The molecule has 0 fully saturated rings. The molecule has 5 N–H and O–H groups in total. The fraction of sp³-hybridized carbons (Fsp3) is 0.189. The maximum Gasteiger partial charge on any atom is 0.236 e. The van der Waals surface area contributed by atoms with Gasteiger partial charge in [-0.05, 0) is 87.3 Å². The molecule has 8 rings (SSSR count). The summed E-state index contributed by atoms with van der Waals surface area (Å²) in [7, 11) is -1.32. The predicted molar refractivity (Wildman–Crippen MR) is 201 cm³/mol. The lowest BCUT2D eigenvalue weighted by molar-refractivity contribution is -0.502. The van der Waals surface area contributed by atoms with Crippen LogP contribution in [0.3, 0.4) is 0 Å². The monoisotopic (exact) mass is 767 g/mol. The van der Waals surface area contributed by atoms with Crippen molar-refractivity contribution in [3.05, 3.63) is 116 Å².